The highest BCUT2D eigenvalue weighted by Crippen LogP contribution is 2.11. The van der Waals surface area contributed by atoms with Crippen LogP contribution in [0.25, 0.3) is 10.9 Å². The average molecular weight is 293 g/mol. The number of nitrogens with zero attached hydrogens (tertiary/aromatic N) is 1. The number of rotatable bonds is 3. The van der Waals surface area contributed by atoms with Crippen LogP contribution in [0.2, 0.25) is 0 Å². The predicted molar refractivity (Wildman–Crippen MR) is 86.1 cm³/mol. The fourth-order valence-electron chi connectivity index (χ4n) is 2.21. The van der Waals surface area contributed by atoms with Crippen LogP contribution in [0.4, 0.5) is 5.69 Å². The molecule has 0 aliphatic rings. The zero-order valence-electron chi connectivity index (χ0n) is 12.1. The number of aryl methyl sites for hydroxylation is 1. The summed E-state index contributed by atoms with van der Waals surface area (Å²) in [4.78, 5) is 30.9. The molecule has 1 amide bonds. The van der Waals surface area contributed by atoms with E-state index in [9.17, 15) is 9.59 Å². The minimum absolute atomic E-state index is 0.00303. The van der Waals surface area contributed by atoms with Crippen LogP contribution in [0.15, 0.2) is 53.3 Å². The maximum absolute atomic E-state index is 12.2. The van der Waals surface area contributed by atoms with Crippen molar-refractivity contribution in [3.63, 3.8) is 0 Å². The van der Waals surface area contributed by atoms with Crippen molar-refractivity contribution in [1.82, 2.24) is 9.97 Å². The number of anilines is 1. The second-order valence-electron chi connectivity index (χ2n) is 4.94. The largest absolute Gasteiger partial charge is 0.319 e. The first kappa shape index (κ1) is 14.0. The summed E-state index contributed by atoms with van der Waals surface area (Å²) in [5.74, 6) is -0.435. The molecule has 1 heterocycles. The number of amides is 1. The van der Waals surface area contributed by atoms with Crippen LogP contribution < -0.4 is 10.9 Å². The van der Waals surface area contributed by atoms with Crippen LogP contribution >= 0.6 is 0 Å². The first-order chi connectivity index (χ1) is 10.7. The number of aromatic amines is 1. The van der Waals surface area contributed by atoms with Crippen molar-refractivity contribution < 1.29 is 4.79 Å². The predicted octanol–water partition coefficient (Wildman–Crippen LogP) is 2.74. The minimum atomic E-state index is -0.438. The molecule has 0 saturated heterocycles. The monoisotopic (exact) mass is 293 g/mol. The summed E-state index contributed by atoms with van der Waals surface area (Å²) in [6.45, 7) is 2.07. The molecule has 0 aliphatic heterocycles. The van der Waals surface area contributed by atoms with E-state index in [1.165, 1.54) is 5.56 Å². The smallest absolute Gasteiger partial charge is 0.291 e. The number of hydrogen-bond donors (Lipinski definition) is 2. The molecule has 0 radical (unpaired) electrons. The topological polar surface area (TPSA) is 74.8 Å². The summed E-state index contributed by atoms with van der Waals surface area (Å²) < 4.78 is 0. The molecule has 5 nitrogen and oxygen atoms in total. The van der Waals surface area contributed by atoms with E-state index in [4.69, 9.17) is 0 Å². The van der Waals surface area contributed by atoms with Crippen molar-refractivity contribution in [3.8, 4) is 0 Å². The fraction of sp³-hybridized carbons (Fsp3) is 0.118. The number of hydrogen-bond acceptors (Lipinski definition) is 3. The number of carbonyl (C=O) groups is 1. The van der Waals surface area contributed by atoms with Gasteiger partial charge in [-0.2, -0.15) is 0 Å². The van der Waals surface area contributed by atoms with Crippen molar-refractivity contribution in [2.24, 2.45) is 0 Å². The number of H-pyrrole nitrogens is 1. The molecule has 0 saturated carbocycles. The summed E-state index contributed by atoms with van der Waals surface area (Å²) in [5, 5.41) is 3.19. The highest BCUT2D eigenvalue weighted by atomic mass is 16.2. The molecule has 110 valence electrons. The van der Waals surface area contributed by atoms with Crippen LogP contribution in [-0.4, -0.2) is 15.9 Å². The van der Waals surface area contributed by atoms with E-state index in [2.05, 4.69) is 22.2 Å². The molecule has 0 spiro atoms. The highest BCUT2D eigenvalue weighted by molar-refractivity contribution is 6.02. The normalized spacial score (nSPS) is 10.6. The van der Waals surface area contributed by atoms with Gasteiger partial charge in [0.05, 0.1) is 10.9 Å². The SMILES string of the molecule is CCc1ccc(NC(=O)c2nc3ccccc3c(=O)[nH]2)cc1. The molecular weight excluding hydrogens is 278 g/mol. The van der Waals surface area contributed by atoms with Crippen molar-refractivity contribution >= 4 is 22.5 Å². The van der Waals surface area contributed by atoms with Crippen molar-refractivity contribution in [3.05, 3.63) is 70.3 Å². The summed E-state index contributed by atoms with van der Waals surface area (Å²) in [5.41, 5.74) is 2.03. The zero-order chi connectivity index (χ0) is 15.5. The van der Waals surface area contributed by atoms with Crippen LogP contribution in [0.1, 0.15) is 23.1 Å². The van der Waals surface area contributed by atoms with Crippen LogP contribution in [0, 0.1) is 0 Å². The van der Waals surface area contributed by atoms with Gasteiger partial charge in [-0.1, -0.05) is 31.2 Å². The van der Waals surface area contributed by atoms with E-state index in [0.29, 0.717) is 16.6 Å². The van der Waals surface area contributed by atoms with E-state index < -0.39 is 5.91 Å². The van der Waals surface area contributed by atoms with Crippen molar-refractivity contribution in [2.75, 3.05) is 5.32 Å². The molecule has 0 atom stereocenters. The Labute approximate surface area is 127 Å². The molecule has 1 aromatic heterocycles. The molecule has 0 fully saturated rings. The van der Waals surface area contributed by atoms with E-state index in [1.54, 1.807) is 24.3 Å². The molecule has 0 bridgehead atoms. The Morgan fingerprint density at radius 2 is 1.86 bits per heavy atom. The standard InChI is InChI=1S/C17H15N3O2/c1-2-11-7-9-12(10-8-11)18-17(22)15-19-14-6-4-3-5-13(14)16(21)20-15/h3-10H,2H2,1H3,(H,18,22)(H,19,20,21). The average Bonchev–Trinajstić information content (AvgIpc) is 2.55. The number of benzene rings is 2. The lowest BCUT2D eigenvalue weighted by Crippen LogP contribution is -2.21. The molecule has 22 heavy (non-hydrogen) atoms. The Balaban J connectivity index is 1.89. The third-order valence-electron chi connectivity index (χ3n) is 3.45. The van der Waals surface area contributed by atoms with Gasteiger partial charge < -0.3 is 10.3 Å². The first-order valence-corrected chi connectivity index (χ1v) is 7.06. The third-order valence-corrected chi connectivity index (χ3v) is 3.45. The Bertz CT molecular complexity index is 882. The number of fused-ring (bicyclic) bond motifs is 1. The summed E-state index contributed by atoms with van der Waals surface area (Å²) in [7, 11) is 0. The number of nitrogens with one attached hydrogen (secondary N) is 2. The molecule has 0 unspecified atom stereocenters. The Hall–Kier alpha value is -2.95. The Kier molecular flexibility index (Phi) is 3.70. The third kappa shape index (κ3) is 2.74. The van der Waals surface area contributed by atoms with Gasteiger partial charge in [-0.05, 0) is 36.2 Å². The molecular formula is C17H15N3O2. The second-order valence-corrected chi connectivity index (χ2v) is 4.94. The second kappa shape index (κ2) is 5.81. The molecule has 3 aromatic rings. The van der Waals surface area contributed by atoms with Gasteiger partial charge in [-0.15, -0.1) is 0 Å². The Morgan fingerprint density at radius 1 is 1.14 bits per heavy atom. The van der Waals surface area contributed by atoms with E-state index in [-0.39, 0.29) is 11.4 Å². The lowest BCUT2D eigenvalue weighted by atomic mass is 10.1. The van der Waals surface area contributed by atoms with Crippen LogP contribution in [0.5, 0.6) is 0 Å². The van der Waals surface area contributed by atoms with E-state index in [0.717, 1.165) is 6.42 Å². The van der Waals surface area contributed by atoms with Crippen LogP contribution in [0.3, 0.4) is 0 Å². The van der Waals surface area contributed by atoms with Gasteiger partial charge >= 0.3 is 0 Å². The zero-order valence-corrected chi connectivity index (χ0v) is 12.1. The quantitative estimate of drug-likeness (QED) is 0.779. The number of para-hydroxylation sites is 1. The van der Waals surface area contributed by atoms with Gasteiger partial charge in [0, 0.05) is 5.69 Å². The Morgan fingerprint density at radius 3 is 2.59 bits per heavy atom. The van der Waals surface area contributed by atoms with Gasteiger partial charge in [0.15, 0.2) is 5.82 Å². The molecule has 5 heteroatoms. The van der Waals surface area contributed by atoms with Crippen molar-refractivity contribution in [2.45, 2.75) is 13.3 Å². The maximum atomic E-state index is 12.2. The fourth-order valence-corrected chi connectivity index (χ4v) is 2.21. The molecule has 0 aliphatic carbocycles. The van der Waals surface area contributed by atoms with Crippen molar-refractivity contribution in [1.29, 1.82) is 0 Å². The van der Waals surface area contributed by atoms with E-state index >= 15 is 0 Å². The van der Waals surface area contributed by atoms with Gasteiger partial charge in [0.25, 0.3) is 11.5 Å². The number of carbonyl (C=O) groups excluding carboxylic acids is 1. The summed E-state index contributed by atoms with van der Waals surface area (Å²) in [6, 6.07) is 14.5. The lowest BCUT2D eigenvalue weighted by Gasteiger charge is -2.06. The minimum Gasteiger partial charge on any atom is -0.319 e. The first-order valence-electron chi connectivity index (χ1n) is 7.06. The summed E-state index contributed by atoms with van der Waals surface area (Å²) >= 11 is 0. The molecule has 3 rings (SSSR count). The van der Waals surface area contributed by atoms with Gasteiger partial charge in [-0.25, -0.2) is 4.98 Å². The number of aromatic nitrogens is 2. The van der Waals surface area contributed by atoms with E-state index in [1.807, 2.05) is 24.3 Å². The highest BCUT2D eigenvalue weighted by Gasteiger charge is 2.11. The summed E-state index contributed by atoms with van der Waals surface area (Å²) in [6.07, 6.45) is 0.938. The lowest BCUT2D eigenvalue weighted by molar-refractivity contribution is 0.101. The molecule has 2 N–H and O–H groups in total. The van der Waals surface area contributed by atoms with Gasteiger partial charge in [0.1, 0.15) is 0 Å². The van der Waals surface area contributed by atoms with Gasteiger partial charge in [0.2, 0.25) is 0 Å². The maximum Gasteiger partial charge on any atom is 0.291 e. The van der Waals surface area contributed by atoms with Gasteiger partial charge in [-0.3, -0.25) is 9.59 Å². The molecule has 2 aromatic carbocycles. The van der Waals surface area contributed by atoms with Crippen LogP contribution in [-0.2, 0) is 6.42 Å².